The summed E-state index contributed by atoms with van der Waals surface area (Å²) in [6, 6.07) is 0.724. The first kappa shape index (κ1) is 6.77. The lowest BCUT2D eigenvalue weighted by molar-refractivity contribution is 0.552. The topological polar surface area (TPSA) is 44.6 Å². The molecule has 1 saturated carbocycles. The van der Waals surface area contributed by atoms with Crippen molar-refractivity contribution in [2.45, 2.75) is 25.3 Å². The molecule has 0 heterocycles. The molecule has 2 atom stereocenters. The highest BCUT2D eigenvalue weighted by Crippen LogP contribution is 2.24. The zero-order chi connectivity index (χ0) is 6.85. The molecule has 9 heavy (non-hydrogen) atoms. The number of nitrogens with one attached hydrogen (secondary N) is 1. The van der Waals surface area contributed by atoms with Gasteiger partial charge in [-0.25, -0.2) is 0 Å². The molecule has 0 aromatic rings. The largest absolute Gasteiger partial charge is 0.437 e. The molecule has 2 N–H and O–H groups in total. The summed E-state index contributed by atoms with van der Waals surface area (Å²) in [6.45, 7) is 5.12. The van der Waals surface area contributed by atoms with E-state index in [0.29, 0.717) is 12.1 Å². The molecule has 0 radical (unpaired) electrons. The third kappa shape index (κ3) is 1.80. The predicted octanol–water partition coefficient (Wildman–Crippen LogP) is -0.472. The van der Waals surface area contributed by atoms with Crippen LogP contribution in [0.2, 0.25) is 6.82 Å². The van der Waals surface area contributed by atoms with Crippen LogP contribution in [0, 0.1) is 0 Å². The van der Waals surface area contributed by atoms with Gasteiger partial charge in [-0.2, -0.15) is 0 Å². The summed E-state index contributed by atoms with van der Waals surface area (Å²) in [7, 11) is -0.415. The Kier molecular flexibility index (Phi) is 1.88. The van der Waals surface area contributed by atoms with Crippen LogP contribution in [0.5, 0.6) is 0 Å². The molecule has 0 saturated heterocycles. The van der Waals surface area contributed by atoms with Crippen molar-refractivity contribution in [2.24, 2.45) is 4.99 Å². The molecule has 50 valence electrons. The molecule has 1 aliphatic rings. The summed E-state index contributed by atoms with van der Waals surface area (Å²) in [6.07, 6.45) is 1.02. The van der Waals surface area contributed by atoms with Crippen LogP contribution in [0.25, 0.3) is 0 Å². The quantitative estimate of drug-likeness (QED) is 0.396. The van der Waals surface area contributed by atoms with Crippen molar-refractivity contribution in [1.82, 2.24) is 5.23 Å². The second-order valence-electron chi connectivity index (χ2n) is 2.43. The van der Waals surface area contributed by atoms with Crippen LogP contribution in [0.15, 0.2) is 4.99 Å². The standard InChI is InChI=1S/C5H11BN2O/c1-6(9)8-5-3-4(5)7-2/h4-5,8-9H,2-3H2,1H3. The normalized spacial score (nSPS) is 31.8. The Morgan fingerprint density at radius 2 is 2.56 bits per heavy atom. The Labute approximate surface area is 55.3 Å². The molecule has 0 bridgehead atoms. The molecule has 0 spiro atoms. The lowest BCUT2D eigenvalue weighted by Gasteiger charge is -1.98. The fourth-order valence-corrected chi connectivity index (χ4v) is 0.872. The zero-order valence-electron chi connectivity index (χ0n) is 5.54. The van der Waals surface area contributed by atoms with Gasteiger partial charge in [0.2, 0.25) is 0 Å². The van der Waals surface area contributed by atoms with Gasteiger partial charge in [0.15, 0.2) is 0 Å². The number of hydrogen-bond donors (Lipinski definition) is 2. The molecule has 1 aliphatic carbocycles. The maximum atomic E-state index is 8.80. The van der Waals surface area contributed by atoms with Gasteiger partial charge in [-0.1, -0.05) is 0 Å². The monoisotopic (exact) mass is 126 g/mol. The van der Waals surface area contributed by atoms with E-state index >= 15 is 0 Å². The summed E-state index contributed by atoms with van der Waals surface area (Å²) in [5, 5.41) is 11.7. The molecule has 0 aliphatic heterocycles. The summed E-state index contributed by atoms with van der Waals surface area (Å²) < 4.78 is 0. The smallest absolute Gasteiger partial charge is 0.373 e. The highest BCUT2D eigenvalue weighted by molar-refractivity contribution is 6.45. The van der Waals surface area contributed by atoms with Crippen molar-refractivity contribution < 1.29 is 5.02 Å². The van der Waals surface area contributed by atoms with Gasteiger partial charge in [0, 0.05) is 6.04 Å². The Hall–Kier alpha value is -0.345. The van der Waals surface area contributed by atoms with Crippen molar-refractivity contribution in [3.05, 3.63) is 0 Å². The van der Waals surface area contributed by atoms with E-state index in [0.717, 1.165) is 6.42 Å². The molecule has 2 unspecified atom stereocenters. The van der Waals surface area contributed by atoms with E-state index in [1.807, 2.05) is 0 Å². The van der Waals surface area contributed by atoms with Crippen LogP contribution in [0.1, 0.15) is 6.42 Å². The predicted molar refractivity (Wildman–Crippen MR) is 38.7 cm³/mol. The number of aliphatic imine (C=N–C) groups is 1. The molecule has 0 aromatic carbocycles. The van der Waals surface area contributed by atoms with Crippen LogP contribution in [-0.4, -0.2) is 30.9 Å². The molecular formula is C5H11BN2O. The van der Waals surface area contributed by atoms with Crippen LogP contribution in [-0.2, 0) is 0 Å². The van der Waals surface area contributed by atoms with Gasteiger partial charge < -0.3 is 10.3 Å². The van der Waals surface area contributed by atoms with Gasteiger partial charge in [-0.05, 0) is 20.0 Å². The van der Waals surface area contributed by atoms with Crippen molar-refractivity contribution in [3.8, 4) is 0 Å². The highest BCUT2D eigenvalue weighted by atomic mass is 16.2. The van der Waals surface area contributed by atoms with Crippen LogP contribution < -0.4 is 5.23 Å². The lowest BCUT2D eigenvalue weighted by atomic mass is 9.89. The molecule has 3 nitrogen and oxygen atoms in total. The number of hydrogen-bond acceptors (Lipinski definition) is 3. The fourth-order valence-electron chi connectivity index (χ4n) is 0.872. The maximum absolute atomic E-state index is 8.80. The fraction of sp³-hybridized carbons (Fsp3) is 0.800. The molecular weight excluding hydrogens is 115 g/mol. The van der Waals surface area contributed by atoms with E-state index in [1.165, 1.54) is 0 Å². The average molecular weight is 126 g/mol. The molecule has 0 amide bonds. The van der Waals surface area contributed by atoms with E-state index in [-0.39, 0.29) is 0 Å². The molecule has 0 aromatic heterocycles. The van der Waals surface area contributed by atoms with Crippen molar-refractivity contribution >= 4 is 13.8 Å². The summed E-state index contributed by atoms with van der Waals surface area (Å²) in [5.74, 6) is 0. The van der Waals surface area contributed by atoms with Gasteiger partial charge in [-0.15, -0.1) is 0 Å². The first-order valence-corrected chi connectivity index (χ1v) is 3.14. The van der Waals surface area contributed by atoms with E-state index in [1.54, 1.807) is 6.82 Å². The van der Waals surface area contributed by atoms with Crippen LogP contribution in [0.3, 0.4) is 0 Å². The minimum absolute atomic E-state index is 0.347. The second-order valence-corrected chi connectivity index (χ2v) is 2.43. The molecule has 4 heteroatoms. The molecule has 1 rings (SSSR count). The van der Waals surface area contributed by atoms with Crippen molar-refractivity contribution in [1.29, 1.82) is 0 Å². The Morgan fingerprint density at radius 3 is 2.89 bits per heavy atom. The van der Waals surface area contributed by atoms with E-state index in [4.69, 9.17) is 5.02 Å². The van der Waals surface area contributed by atoms with Crippen molar-refractivity contribution in [3.63, 3.8) is 0 Å². The minimum atomic E-state index is -0.415. The third-order valence-corrected chi connectivity index (χ3v) is 1.45. The summed E-state index contributed by atoms with van der Waals surface area (Å²) >= 11 is 0. The van der Waals surface area contributed by atoms with Crippen LogP contribution in [0.4, 0.5) is 0 Å². The van der Waals surface area contributed by atoms with Gasteiger partial charge in [0.05, 0.1) is 6.04 Å². The minimum Gasteiger partial charge on any atom is -0.437 e. The summed E-state index contributed by atoms with van der Waals surface area (Å²) in [4.78, 5) is 3.81. The van der Waals surface area contributed by atoms with Crippen molar-refractivity contribution in [2.75, 3.05) is 0 Å². The Bertz CT molecular complexity index is 118. The van der Waals surface area contributed by atoms with Gasteiger partial charge in [0.25, 0.3) is 0 Å². The van der Waals surface area contributed by atoms with Gasteiger partial charge in [0.1, 0.15) is 0 Å². The Morgan fingerprint density at radius 1 is 1.89 bits per heavy atom. The molecule has 1 fully saturated rings. The average Bonchev–Trinajstić information content (AvgIpc) is 2.45. The van der Waals surface area contributed by atoms with Gasteiger partial charge >= 0.3 is 7.05 Å². The first-order chi connectivity index (χ1) is 4.24. The zero-order valence-corrected chi connectivity index (χ0v) is 5.54. The third-order valence-electron chi connectivity index (χ3n) is 1.45. The second kappa shape index (κ2) is 2.50. The van der Waals surface area contributed by atoms with Gasteiger partial charge in [-0.3, -0.25) is 4.99 Å². The summed E-state index contributed by atoms with van der Waals surface area (Å²) in [5.41, 5.74) is 0. The van der Waals surface area contributed by atoms with Crippen LogP contribution >= 0.6 is 0 Å². The number of rotatable bonds is 3. The van der Waals surface area contributed by atoms with E-state index in [9.17, 15) is 0 Å². The first-order valence-electron chi connectivity index (χ1n) is 3.14. The number of nitrogens with zero attached hydrogens (tertiary/aromatic N) is 1. The van der Waals surface area contributed by atoms with E-state index < -0.39 is 7.05 Å². The van der Waals surface area contributed by atoms with E-state index in [2.05, 4.69) is 16.9 Å². The lowest BCUT2D eigenvalue weighted by Crippen LogP contribution is -2.33. The highest BCUT2D eigenvalue weighted by Gasteiger charge is 2.36. The maximum Gasteiger partial charge on any atom is 0.373 e. The Balaban J connectivity index is 2.12. The SMILES string of the molecule is C=NC1CC1NB(C)O.